The van der Waals surface area contributed by atoms with Crippen molar-refractivity contribution in [3.8, 4) is 11.4 Å². The van der Waals surface area contributed by atoms with Gasteiger partial charge in [-0.25, -0.2) is 14.4 Å². The number of rotatable bonds is 3. The van der Waals surface area contributed by atoms with Gasteiger partial charge < -0.3 is 5.32 Å². The minimum atomic E-state index is -0.278. The van der Waals surface area contributed by atoms with E-state index in [1.54, 1.807) is 6.07 Å². The van der Waals surface area contributed by atoms with Gasteiger partial charge in [0.2, 0.25) is 0 Å². The summed E-state index contributed by atoms with van der Waals surface area (Å²) in [6, 6.07) is 4.92. The SMILES string of the molecule is CCNC1CCCc2nc(-c3cc(F)ccc3Br)ncc21. The number of hydrogen-bond acceptors (Lipinski definition) is 3. The summed E-state index contributed by atoms with van der Waals surface area (Å²) in [7, 11) is 0. The van der Waals surface area contributed by atoms with Crippen LogP contribution in [-0.2, 0) is 6.42 Å². The van der Waals surface area contributed by atoms with E-state index >= 15 is 0 Å². The summed E-state index contributed by atoms with van der Waals surface area (Å²) in [5, 5.41) is 3.47. The maximum Gasteiger partial charge on any atom is 0.160 e. The largest absolute Gasteiger partial charge is 0.310 e. The molecule has 0 bridgehead atoms. The first-order valence-corrected chi connectivity index (χ1v) is 8.03. The Kier molecular flexibility index (Phi) is 4.31. The van der Waals surface area contributed by atoms with Crippen LogP contribution in [0.4, 0.5) is 4.39 Å². The molecular formula is C16H17BrFN3. The molecule has 1 aromatic carbocycles. The minimum Gasteiger partial charge on any atom is -0.310 e. The van der Waals surface area contributed by atoms with Crippen LogP contribution in [-0.4, -0.2) is 16.5 Å². The molecule has 2 aromatic rings. The van der Waals surface area contributed by atoms with Crippen molar-refractivity contribution in [1.82, 2.24) is 15.3 Å². The van der Waals surface area contributed by atoms with Gasteiger partial charge in [-0.15, -0.1) is 0 Å². The van der Waals surface area contributed by atoms with Crippen molar-refractivity contribution in [1.29, 1.82) is 0 Å². The zero-order valence-electron chi connectivity index (χ0n) is 11.9. The third-order valence-corrected chi connectivity index (χ3v) is 4.49. The fourth-order valence-corrected chi connectivity index (χ4v) is 3.23. The number of aryl methyl sites for hydroxylation is 1. The predicted molar refractivity (Wildman–Crippen MR) is 84.5 cm³/mol. The summed E-state index contributed by atoms with van der Waals surface area (Å²) in [5.41, 5.74) is 2.95. The van der Waals surface area contributed by atoms with E-state index in [9.17, 15) is 4.39 Å². The molecule has 0 fully saturated rings. The Morgan fingerprint density at radius 2 is 2.29 bits per heavy atom. The second kappa shape index (κ2) is 6.20. The number of halogens is 2. The Bertz CT molecular complexity index is 660. The van der Waals surface area contributed by atoms with Gasteiger partial charge in [0.05, 0.1) is 0 Å². The molecule has 1 aliphatic rings. The fourth-order valence-electron chi connectivity index (χ4n) is 2.80. The molecule has 0 saturated heterocycles. The first-order valence-electron chi connectivity index (χ1n) is 7.23. The van der Waals surface area contributed by atoms with E-state index in [1.165, 1.54) is 17.7 Å². The van der Waals surface area contributed by atoms with E-state index in [-0.39, 0.29) is 5.82 Å². The molecule has 1 N–H and O–H groups in total. The van der Waals surface area contributed by atoms with Gasteiger partial charge in [-0.2, -0.15) is 0 Å². The van der Waals surface area contributed by atoms with Crippen molar-refractivity contribution >= 4 is 15.9 Å². The number of hydrogen-bond donors (Lipinski definition) is 1. The molecule has 1 atom stereocenters. The van der Waals surface area contributed by atoms with Crippen molar-refractivity contribution in [2.75, 3.05) is 6.54 Å². The third-order valence-electron chi connectivity index (χ3n) is 3.80. The van der Waals surface area contributed by atoms with Crippen molar-refractivity contribution < 1.29 is 4.39 Å². The lowest BCUT2D eigenvalue weighted by atomic mass is 9.92. The highest BCUT2D eigenvalue weighted by molar-refractivity contribution is 9.10. The molecule has 5 heteroatoms. The van der Waals surface area contributed by atoms with Gasteiger partial charge in [0.1, 0.15) is 5.82 Å². The van der Waals surface area contributed by atoms with Crippen molar-refractivity contribution in [2.24, 2.45) is 0 Å². The van der Waals surface area contributed by atoms with Gasteiger partial charge in [-0.05, 0) is 44.0 Å². The molecule has 1 heterocycles. The molecule has 1 unspecified atom stereocenters. The monoisotopic (exact) mass is 349 g/mol. The average Bonchev–Trinajstić information content (AvgIpc) is 2.50. The minimum absolute atomic E-state index is 0.278. The highest BCUT2D eigenvalue weighted by Crippen LogP contribution is 2.31. The van der Waals surface area contributed by atoms with Crippen LogP contribution in [0.5, 0.6) is 0 Å². The van der Waals surface area contributed by atoms with Crippen LogP contribution in [0.2, 0.25) is 0 Å². The summed E-state index contributed by atoms with van der Waals surface area (Å²) in [5.74, 6) is 0.303. The summed E-state index contributed by atoms with van der Waals surface area (Å²) >= 11 is 3.44. The topological polar surface area (TPSA) is 37.8 Å². The fraction of sp³-hybridized carbons (Fsp3) is 0.375. The Hall–Kier alpha value is -1.33. The molecule has 3 nitrogen and oxygen atoms in total. The lowest BCUT2D eigenvalue weighted by molar-refractivity contribution is 0.464. The highest BCUT2D eigenvalue weighted by Gasteiger charge is 2.22. The third kappa shape index (κ3) is 2.99. The lowest BCUT2D eigenvalue weighted by Crippen LogP contribution is -2.25. The van der Waals surface area contributed by atoms with Crippen LogP contribution in [0.1, 0.15) is 37.1 Å². The van der Waals surface area contributed by atoms with Crippen LogP contribution in [0.3, 0.4) is 0 Å². The molecule has 0 saturated carbocycles. The smallest absolute Gasteiger partial charge is 0.160 e. The molecule has 0 radical (unpaired) electrons. The Morgan fingerprint density at radius 3 is 3.10 bits per heavy atom. The second-order valence-electron chi connectivity index (χ2n) is 5.22. The Labute approximate surface area is 132 Å². The first-order chi connectivity index (χ1) is 10.2. The van der Waals surface area contributed by atoms with Crippen molar-refractivity contribution in [3.05, 3.63) is 45.9 Å². The number of nitrogens with zero attached hydrogens (tertiary/aromatic N) is 2. The Balaban J connectivity index is 2.01. The van der Waals surface area contributed by atoms with E-state index in [4.69, 9.17) is 0 Å². The van der Waals surface area contributed by atoms with Crippen LogP contribution < -0.4 is 5.32 Å². The lowest BCUT2D eigenvalue weighted by Gasteiger charge is -2.25. The van der Waals surface area contributed by atoms with Crippen molar-refractivity contribution in [3.63, 3.8) is 0 Å². The summed E-state index contributed by atoms with van der Waals surface area (Å²) < 4.78 is 14.3. The molecule has 0 aliphatic heterocycles. The van der Waals surface area contributed by atoms with Gasteiger partial charge in [-0.3, -0.25) is 0 Å². The first kappa shape index (κ1) is 14.6. The van der Waals surface area contributed by atoms with Crippen LogP contribution in [0.25, 0.3) is 11.4 Å². The van der Waals surface area contributed by atoms with Crippen LogP contribution in [0.15, 0.2) is 28.9 Å². The van der Waals surface area contributed by atoms with E-state index in [0.29, 0.717) is 17.4 Å². The number of nitrogens with one attached hydrogen (secondary N) is 1. The quantitative estimate of drug-likeness (QED) is 0.908. The molecule has 3 rings (SSSR count). The van der Waals surface area contributed by atoms with Gasteiger partial charge in [0.25, 0.3) is 0 Å². The number of benzene rings is 1. The predicted octanol–water partition coefficient (Wildman–Crippen LogP) is 4.03. The molecule has 21 heavy (non-hydrogen) atoms. The normalized spacial score (nSPS) is 17.6. The molecule has 0 spiro atoms. The molecule has 1 aliphatic carbocycles. The molecule has 1 aromatic heterocycles. The van der Waals surface area contributed by atoms with E-state index in [0.717, 1.165) is 36.0 Å². The average molecular weight is 350 g/mol. The summed E-state index contributed by atoms with van der Waals surface area (Å²) in [4.78, 5) is 9.12. The molecule has 0 amide bonds. The standard InChI is InChI=1S/C16H17BrFN3/c1-2-19-14-4-3-5-15-12(14)9-20-16(21-15)11-8-10(18)6-7-13(11)17/h6-9,14,19H,2-5H2,1H3. The zero-order chi connectivity index (χ0) is 14.8. The number of fused-ring (bicyclic) bond motifs is 1. The van der Waals surface area contributed by atoms with Crippen LogP contribution >= 0.6 is 15.9 Å². The van der Waals surface area contributed by atoms with E-state index in [2.05, 4.69) is 38.1 Å². The number of aromatic nitrogens is 2. The summed E-state index contributed by atoms with van der Waals surface area (Å²) in [6.07, 6.45) is 5.08. The second-order valence-corrected chi connectivity index (χ2v) is 6.08. The van der Waals surface area contributed by atoms with Gasteiger partial charge >= 0.3 is 0 Å². The van der Waals surface area contributed by atoms with E-state index < -0.39 is 0 Å². The molecule has 110 valence electrons. The summed E-state index contributed by atoms with van der Waals surface area (Å²) in [6.45, 7) is 3.04. The molecular weight excluding hydrogens is 333 g/mol. The van der Waals surface area contributed by atoms with Crippen LogP contribution in [0, 0.1) is 5.82 Å². The zero-order valence-corrected chi connectivity index (χ0v) is 13.5. The highest BCUT2D eigenvalue weighted by atomic mass is 79.9. The van der Waals surface area contributed by atoms with Gasteiger partial charge in [0.15, 0.2) is 5.82 Å². The maximum atomic E-state index is 13.4. The van der Waals surface area contributed by atoms with Gasteiger partial charge in [-0.1, -0.05) is 22.9 Å². The van der Waals surface area contributed by atoms with E-state index in [1.807, 2.05) is 6.20 Å². The Morgan fingerprint density at radius 1 is 1.43 bits per heavy atom. The van der Waals surface area contributed by atoms with Gasteiger partial charge in [0, 0.05) is 33.5 Å². The maximum absolute atomic E-state index is 13.4. The van der Waals surface area contributed by atoms with Crippen molar-refractivity contribution in [2.45, 2.75) is 32.2 Å².